The molecule has 7 nitrogen and oxygen atoms in total. The van der Waals surface area contributed by atoms with Crippen molar-refractivity contribution in [2.75, 3.05) is 13.2 Å². The molecule has 1 amide bonds. The third-order valence-electron chi connectivity index (χ3n) is 4.66. The lowest BCUT2D eigenvalue weighted by Gasteiger charge is -2.29. The first-order valence-corrected chi connectivity index (χ1v) is 10.4. The van der Waals surface area contributed by atoms with Gasteiger partial charge in [-0.1, -0.05) is 39.0 Å². The Morgan fingerprint density at radius 1 is 0.893 bits per heavy atom. The molecule has 0 spiro atoms. The van der Waals surface area contributed by atoms with Gasteiger partial charge in [-0.3, -0.25) is 9.59 Å². The van der Waals surface area contributed by atoms with E-state index in [1.165, 1.54) is 19.3 Å². The fourth-order valence-corrected chi connectivity index (χ4v) is 3.28. The zero-order valence-electron chi connectivity index (χ0n) is 18.4. The molecule has 0 saturated heterocycles. The molecule has 1 aliphatic carbocycles. The summed E-state index contributed by atoms with van der Waals surface area (Å²) in [5.41, 5.74) is 4.26. The highest BCUT2D eigenvalue weighted by molar-refractivity contribution is 5.94. The number of esters is 2. The molecule has 0 aromatic heterocycles. The maximum atomic E-state index is 11.9. The van der Waals surface area contributed by atoms with E-state index in [4.69, 9.17) is 15.2 Å². The molecule has 1 saturated carbocycles. The van der Waals surface area contributed by atoms with Crippen LogP contribution >= 0.6 is 0 Å². The van der Waals surface area contributed by atoms with Crippen LogP contribution in [0.25, 0.3) is 0 Å². The predicted molar refractivity (Wildman–Crippen MR) is 108 cm³/mol. The van der Waals surface area contributed by atoms with Crippen LogP contribution in [-0.4, -0.2) is 36.8 Å². The summed E-state index contributed by atoms with van der Waals surface area (Å²) in [7, 11) is 0. The van der Waals surface area contributed by atoms with Crippen molar-refractivity contribution in [3.8, 4) is 0 Å². The summed E-state index contributed by atoms with van der Waals surface area (Å²) in [5, 5.41) is 0. The minimum absolute atomic E-state index is 0.303. The Balaban J connectivity index is 0.000000769. The quantitative estimate of drug-likeness (QED) is 0.389. The van der Waals surface area contributed by atoms with Crippen LogP contribution in [-0.2, 0) is 23.8 Å². The molecule has 0 radical (unpaired) electrons. The molecule has 0 bridgehead atoms. The van der Waals surface area contributed by atoms with Gasteiger partial charge in [-0.2, -0.15) is 0 Å². The van der Waals surface area contributed by atoms with Gasteiger partial charge in [0, 0.05) is 0 Å². The van der Waals surface area contributed by atoms with Gasteiger partial charge in [0.25, 0.3) is 0 Å². The molecule has 1 rings (SSSR count). The number of primary amides is 1. The van der Waals surface area contributed by atoms with Crippen LogP contribution < -0.4 is 5.73 Å². The number of hydrogen-bond acceptors (Lipinski definition) is 6. The van der Waals surface area contributed by atoms with Crippen molar-refractivity contribution < 1.29 is 28.6 Å². The number of ether oxygens (including phenoxy) is 3. The van der Waals surface area contributed by atoms with Crippen LogP contribution in [0.15, 0.2) is 0 Å². The average Bonchev–Trinajstić information content (AvgIpc) is 2.59. The zero-order valence-corrected chi connectivity index (χ0v) is 18.4. The minimum atomic E-state index is -0.738. The number of hydrogen-bond donors (Lipinski definition) is 1. The monoisotopic (exact) mass is 401 g/mol. The van der Waals surface area contributed by atoms with Crippen molar-refractivity contribution in [1.29, 1.82) is 0 Å². The maximum absolute atomic E-state index is 11.9. The second-order valence-corrected chi connectivity index (χ2v) is 8.12. The van der Waals surface area contributed by atoms with E-state index in [2.05, 4.69) is 11.7 Å². The van der Waals surface area contributed by atoms with Crippen molar-refractivity contribution in [2.24, 2.45) is 23.5 Å². The largest absolute Gasteiger partial charge is 0.465 e. The lowest BCUT2D eigenvalue weighted by molar-refractivity contribution is -0.162. The first-order valence-electron chi connectivity index (χ1n) is 10.4. The lowest BCUT2D eigenvalue weighted by Crippen LogP contribution is -2.31. The van der Waals surface area contributed by atoms with Crippen LogP contribution in [0.4, 0.5) is 4.79 Å². The van der Waals surface area contributed by atoms with Gasteiger partial charge >= 0.3 is 18.0 Å². The Kier molecular flexibility index (Phi) is 12.5. The smallest absolute Gasteiger partial charge is 0.405 e. The number of carbonyl (C=O) groups excluding carboxylic acids is 3. The van der Waals surface area contributed by atoms with E-state index in [-0.39, 0.29) is 0 Å². The van der Waals surface area contributed by atoms with Gasteiger partial charge in [-0.05, 0) is 52.9 Å². The highest BCUT2D eigenvalue weighted by Crippen LogP contribution is 2.34. The third-order valence-corrected chi connectivity index (χ3v) is 4.66. The summed E-state index contributed by atoms with van der Waals surface area (Å²) >= 11 is 0. The fourth-order valence-electron chi connectivity index (χ4n) is 3.28. The van der Waals surface area contributed by atoms with Gasteiger partial charge < -0.3 is 19.9 Å². The van der Waals surface area contributed by atoms with Crippen molar-refractivity contribution in [1.82, 2.24) is 0 Å². The summed E-state index contributed by atoms with van der Waals surface area (Å²) in [4.78, 5) is 33.9. The summed E-state index contributed by atoms with van der Waals surface area (Å²) in [6, 6.07) is 0. The fraction of sp³-hybridized carbons (Fsp3) is 0.857. The second-order valence-electron chi connectivity index (χ2n) is 8.12. The third kappa shape index (κ3) is 11.8. The molecule has 0 aromatic carbocycles. The molecule has 0 heterocycles. The van der Waals surface area contributed by atoms with Crippen molar-refractivity contribution in [3.63, 3.8) is 0 Å². The summed E-state index contributed by atoms with van der Waals surface area (Å²) in [6.45, 7) is 11.6. The summed E-state index contributed by atoms with van der Waals surface area (Å²) in [6.07, 6.45) is 5.71. The van der Waals surface area contributed by atoms with Crippen LogP contribution in [0.3, 0.4) is 0 Å². The summed E-state index contributed by atoms with van der Waals surface area (Å²) in [5.74, 6) is -0.336. The molecule has 28 heavy (non-hydrogen) atoms. The van der Waals surface area contributed by atoms with E-state index in [0.29, 0.717) is 25.6 Å². The summed E-state index contributed by atoms with van der Waals surface area (Å²) < 4.78 is 14.6. The first kappa shape index (κ1) is 26.2. The van der Waals surface area contributed by atoms with E-state index in [0.717, 1.165) is 18.8 Å². The molecular weight excluding hydrogens is 362 g/mol. The van der Waals surface area contributed by atoms with E-state index in [1.54, 1.807) is 34.6 Å². The standard InChI is InChI=1S/C16H28O4.C5H11NO2/c1-4-12-7-9-13(10-8-12)11-14(15(17)19-5-2)16(18)20-6-3;1-5(2,3)8-4(6)7/h12-14H,4-11H2,1-3H3;1-3H3,(H2,6,7). The Bertz CT molecular complexity index is 460. The van der Waals surface area contributed by atoms with Gasteiger partial charge in [0.2, 0.25) is 0 Å². The molecule has 1 aliphatic rings. The lowest BCUT2D eigenvalue weighted by atomic mass is 9.77. The molecule has 7 heteroatoms. The van der Waals surface area contributed by atoms with E-state index in [1.807, 2.05) is 0 Å². The molecule has 2 N–H and O–H groups in total. The van der Waals surface area contributed by atoms with Gasteiger partial charge in [-0.25, -0.2) is 4.79 Å². The topological polar surface area (TPSA) is 105 Å². The van der Waals surface area contributed by atoms with Crippen molar-refractivity contribution in [2.45, 2.75) is 85.7 Å². The van der Waals surface area contributed by atoms with Gasteiger partial charge in [0.15, 0.2) is 5.92 Å². The van der Waals surface area contributed by atoms with E-state index >= 15 is 0 Å². The number of rotatable bonds is 7. The Morgan fingerprint density at radius 2 is 1.32 bits per heavy atom. The molecular formula is C21H39NO6. The van der Waals surface area contributed by atoms with E-state index in [9.17, 15) is 14.4 Å². The molecule has 0 unspecified atom stereocenters. The SMILES string of the molecule is CC(C)(C)OC(N)=O.CCOC(=O)C(CC1CCC(CC)CC1)C(=O)OCC. The number of carbonyl (C=O) groups is 3. The van der Waals surface area contributed by atoms with Crippen molar-refractivity contribution >= 4 is 18.0 Å². The average molecular weight is 402 g/mol. The molecule has 0 aliphatic heterocycles. The van der Waals surface area contributed by atoms with Crippen molar-refractivity contribution in [3.05, 3.63) is 0 Å². The number of amides is 1. The Hall–Kier alpha value is -1.79. The van der Waals surface area contributed by atoms with Gasteiger partial charge in [-0.15, -0.1) is 0 Å². The molecule has 0 atom stereocenters. The molecule has 0 aromatic rings. The van der Waals surface area contributed by atoms with Crippen LogP contribution in [0.5, 0.6) is 0 Å². The zero-order chi connectivity index (χ0) is 21.7. The van der Waals surface area contributed by atoms with Crippen LogP contribution in [0, 0.1) is 17.8 Å². The van der Waals surface area contributed by atoms with Gasteiger partial charge in [0.1, 0.15) is 5.60 Å². The Labute approximate surface area is 169 Å². The first-order chi connectivity index (χ1) is 13.0. The highest BCUT2D eigenvalue weighted by atomic mass is 16.6. The van der Waals surface area contributed by atoms with E-state index < -0.39 is 29.6 Å². The van der Waals surface area contributed by atoms with Crippen LogP contribution in [0.2, 0.25) is 0 Å². The number of nitrogens with two attached hydrogens (primary N) is 1. The normalized spacial score (nSPS) is 19.2. The van der Waals surface area contributed by atoms with Crippen LogP contribution in [0.1, 0.15) is 80.1 Å². The molecule has 1 fully saturated rings. The minimum Gasteiger partial charge on any atom is -0.465 e. The predicted octanol–water partition coefficient (Wildman–Crippen LogP) is 4.22. The second kappa shape index (κ2) is 13.4. The van der Waals surface area contributed by atoms with Gasteiger partial charge in [0.05, 0.1) is 13.2 Å². The Morgan fingerprint density at radius 3 is 1.61 bits per heavy atom. The molecule has 164 valence electrons. The highest BCUT2D eigenvalue weighted by Gasteiger charge is 2.33. The maximum Gasteiger partial charge on any atom is 0.405 e.